The minimum atomic E-state index is 0.712. The van der Waals surface area contributed by atoms with E-state index in [4.69, 9.17) is 9.47 Å². The molecule has 0 unspecified atom stereocenters. The number of aliphatic imine (C=N–C) groups is 1. The lowest BCUT2D eigenvalue weighted by atomic mass is 10.3. The van der Waals surface area contributed by atoms with Crippen molar-refractivity contribution in [3.8, 4) is 17.2 Å². The van der Waals surface area contributed by atoms with Crippen molar-refractivity contribution >= 4 is 6.34 Å². The van der Waals surface area contributed by atoms with E-state index >= 15 is 0 Å². The summed E-state index contributed by atoms with van der Waals surface area (Å²) in [7, 11) is 0. The lowest BCUT2D eigenvalue weighted by Crippen LogP contribution is -2.22. The second kappa shape index (κ2) is 7.50. The molecule has 4 heteroatoms. The van der Waals surface area contributed by atoms with Crippen molar-refractivity contribution in [2.24, 2.45) is 4.99 Å². The van der Waals surface area contributed by atoms with Crippen molar-refractivity contribution in [1.82, 2.24) is 4.90 Å². The molecule has 0 fully saturated rings. The minimum Gasteiger partial charge on any atom is -0.494 e. The van der Waals surface area contributed by atoms with Crippen LogP contribution in [-0.2, 0) is 0 Å². The molecular formula is C18H20N2O2. The molecule has 22 heavy (non-hydrogen) atoms. The van der Waals surface area contributed by atoms with E-state index in [1.807, 2.05) is 60.9 Å². The normalized spacial score (nSPS) is 13.4. The first kappa shape index (κ1) is 14.4. The Kier molecular flexibility index (Phi) is 4.92. The summed E-state index contributed by atoms with van der Waals surface area (Å²) in [5.41, 5.74) is 0. The SMILES string of the molecule is C1=NCCN1CCCOc1ccc(Oc2ccccc2)cc1. The molecule has 3 rings (SSSR count). The van der Waals surface area contributed by atoms with Crippen LogP contribution in [0, 0.1) is 0 Å². The van der Waals surface area contributed by atoms with E-state index < -0.39 is 0 Å². The minimum absolute atomic E-state index is 0.712. The van der Waals surface area contributed by atoms with Crippen molar-refractivity contribution in [3.05, 3.63) is 54.6 Å². The highest BCUT2D eigenvalue weighted by Crippen LogP contribution is 2.23. The topological polar surface area (TPSA) is 34.1 Å². The highest BCUT2D eigenvalue weighted by Gasteiger charge is 2.04. The summed E-state index contributed by atoms with van der Waals surface area (Å²) < 4.78 is 11.5. The molecule has 2 aromatic rings. The van der Waals surface area contributed by atoms with Gasteiger partial charge in [-0.25, -0.2) is 0 Å². The largest absolute Gasteiger partial charge is 0.494 e. The number of ether oxygens (including phenoxy) is 2. The maximum absolute atomic E-state index is 5.75. The summed E-state index contributed by atoms with van der Waals surface area (Å²) in [6.45, 7) is 3.66. The second-order valence-electron chi connectivity index (χ2n) is 5.15. The molecule has 0 amide bonds. The number of hydrogen-bond donors (Lipinski definition) is 0. The van der Waals surface area contributed by atoms with Crippen LogP contribution < -0.4 is 9.47 Å². The number of nitrogens with zero attached hydrogens (tertiary/aromatic N) is 2. The van der Waals surface area contributed by atoms with E-state index in [1.54, 1.807) is 0 Å². The molecule has 0 radical (unpaired) electrons. The highest BCUT2D eigenvalue weighted by atomic mass is 16.5. The molecule has 1 aliphatic heterocycles. The van der Waals surface area contributed by atoms with Gasteiger partial charge in [0, 0.05) is 13.1 Å². The number of para-hydroxylation sites is 1. The van der Waals surface area contributed by atoms with Crippen molar-refractivity contribution in [2.75, 3.05) is 26.2 Å². The van der Waals surface area contributed by atoms with Gasteiger partial charge in [-0.1, -0.05) is 18.2 Å². The van der Waals surface area contributed by atoms with E-state index in [1.165, 1.54) is 0 Å². The third kappa shape index (κ3) is 4.25. The Labute approximate surface area is 131 Å². The van der Waals surface area contributed by atoms with Gasteiger partial charge in [0.2, 0.25) is 0 Å². The van der Waals surface area contributed by atoms with Gasteiger partial charge in [0.05, 0.1) is 19.5 Å². The Bertz CT molecular complexity index is 596. The summed E-state index contributed by atoms with van der Waals surface area (Å²) in [6, 6.07) is 17.5. The zero-order valence-electron chi connectivity index (χ0n) is 12.5. The number of benzene rings is 2. The molecule has 0 N–H and O–H groups in total. The Morgan fingerprint density at radius 3 is 2.36 bits per heavy atom. The molecule has 0 spiro atoms. The van der Waals surface area contributed by atoms with Crippen LogP contribution >= 0.6 is 0 Å². The fourth-order valence-electron chi connectivity index (χ4n) is 2.27. The van der Waals surface area contributed by atoms with Gasteiger partial charge in [-0.3, -0.25) is 4.99 Å². The Morgan fingerprint density at radius 2 is 1.64 bits per heavy atom. The van der Waals surface area contributed by atoms with Crippen LogP contribution in [0.2, 0.25) is 0 Å². The van der Waals surface area contributed by atoms with E-state index in [0.29, 0.717) is 6.61 Å². The van der Waals surface area contributed by atoms with Gasteiger partial charge in [0.1, 0.15) is 17.2 Å². The fraction of sp³-hybridized carbons (Fsp3) is 0.278. The maximum Gasteiger partial charge on any atom is 0.127 e. The van der Waals surface area contributed by atoms with Crippen LogP contribution in [0.5, 0.6) is 17.2 Å². The highest BCUT2D eigenvalue weighted by molar-refractivity contribution is 5.56. The van der Waals surface area contributed by atoms with Crippen molar-refractivity contribution < 1.29 is 9.47 Å². The Hall–Kier alpha value is -2.49. The number of hydrogen-bond acceptors (Lipinski definition) is 4. The third-order valence-electron chi connectivity index (χ3n) is 3.42. The molecule has 0 atom stereocenters. The quantitative estimate of drug-likeness (QED) is 0.732. The molecule has 1 heterocycles. The molecule has 0 aromatic heterocycles. The van der Waals surface area contributed by atoms with Gasteiger partial charge < -0.3 is 14.4 Å². The lowest BCUT2D eigenvalue weighted by molar-refractivity contribution is 0.291. The summed E-state index contributed by atoms with van der Waals surface area (Å²) in [5, 5.41) is 0. The molecule has 1 aliphatic rings. The molecule has 2 aromatic carbocycles. The van der Waals surface area contributed by atoms with Gasteiger partial charge in [0.25, 0.3) is 0 Å². The standard InChI is InChI=1S/C18H20N2O2/c1-2-5-17(6-3-1)22-18-9-7-16(8-10-18)21-14-4-12-20-13-11-19-15-20/h1-3,5-10,15H,4,11-14H2. The van der Waals surface area contributed by atoms with E-state index in [0.717, 1.165) is 43.3 Å². The average molecular weight is 296 g/mol. The molecule has 0 aliphatic carbocycles. The first-order valence-corrected chi connectivity index (χ1v) is 7.60. The van der Waals surface area contributed by atoms with Gasteiger partial charge in [-0.15, -0.1) is 0 Å². The van der Waals surface area contributed by atoms with Gasteiger partial charge >= 0.3 is 0 Å². The van der Waals surface area contributed by atoms with Crippen LogP contribution in [0.15, 0.2) is 59.6 Å². The van der Waals surface area contributed by atoms with E-state index in [-0.39, 0.29) is 0 Å². The average Bonchev–Trinajstić information content (AvgIpc) is 3.07. The van der Waals surface area contributed by atoms with E-state index in [9.17, 15) is 0 Å². The van der Waals surface area contributed by atoms with Crippen LogP contribution in [0.4, 0.5) is 0 Å². The predicted octanol–water partition coefficient (Wildman–Crippen LogP) is 3.59. The molecule has 4 nitrogen and oxygen atoms in total. The predicted molar refractivity (Wildman–Crippen MR) is 88.0 cm³/mol. The smallest absolute Gasteiger partial charge is 0.127 e. The number of rotatable bonds is 7. The van der Waals surface area contributed by atoms with Crippen LogP contribution in [0.1, 0.15) is 6.42 Å². The van der Waals surface area contributed by atoms with Crippen molar-refractivity contribution in [3.63, 3.8) is 0 Å². The van der Waals surface area contributed by atoms with Crippen LogP contribution in [0.25, 0.3) is 0 Å². The molecule has 0 saturated heterocycles. The summed E-state index contributed by atoms with van der Waals surface area (Å²) in [5.74, 6) is 2.52. The third-order valence-corrected chi connectivity index (χ3v) is 3.42. The van der Waals surface area contributed by atoms with Crippen molar-refractivity contribution in [2.45, 2.75) is 6.42 Å². The zero-order valence-corrected chi connectivity index (χ0v) is 12.5. The summed E-state index contributed by atoms with van der Waals surface area (Å²) in [4.78, 5) is 6.41. The van der Waals surface area contributed by atoms with Crippen LogP contribution in [0.3, 0.4) is 0 Å². The fourth-order valence-corrected chi connectivity index (χ4v) is 2.27. The van der Waals surface area contributed by atoms with Crippen molar-refractivity contribution in [1.29, 1.82) is 0 Å². The molecular weight excluding hydrogens is 276 g/mol. The molecule has 0 saturated carbocycles. The van der Waals surface area contributed by atoms with Gasteiger partial charge in [-0.05, 0) is 42.8 Å². The molecule has 114 valence electrons. The zero-order chi connectivity index (χ0) is 15.0. The summed E-state index contributed by atoms with van der Waals surface area (Å²) in [6.07, 6.45) is 2.92. The molecule has 0 bridgehead atoms. The first-order valence-electron chi connectivity index (χ1n) is 7.60. The monoisotopic (exact) mass is 296 g/mol. The summed E-state index contributed by atoms with van der Waals surface area (Å²) >= 11 is 0. The Balaban J connectivity index is 1.42. The van der Waals surface area contributed by atoms with Gasteiger partial charge in [-0.2, -0.15) is 0 Å². The lowest BCUT2D eigenvalue weighted by Gasteiger charge is -2.13. The van der Waals surface area contributed by atoms with Crippen LogP contribution in [-0.4, -0.2) is 37.5 Å². The maximum atomic E-state index is 5.75. The Morgan fingerprint density at radius 1 is 0.909 bits per heavy atom. The van der Waals surface area contributed by atoms with E-state index in [2.05, 4.69) is 9.89 Å². The first-order chi connectivity index (χ1) is 10.9. The van der Waals surface area contributed by atoms with Gasteiger partial charge in [0.15, 0.2) is 0 Å². The second-order valence-corrected chi connectivity index (χ2v) is 5.15.